The van der Waals surface area contributed by atoms with Crippen LogP contribution < -0.4 is 10.2 Å². The van der Waals surface area contributed by atoms with Gasteiger partial charge in [0, 0.05) is 18.8 Å². The number of ketones is 1. The third kappa shape index (κ3) is 3.17. The van der Waals surface area contributed by atoms with Crippen molar-refractivity contribution >= 4 is 23.3 Å². The molecule has 28 heavy (non-hydrogen) atoms. The number of hydrogen-bond acceptors (Lipinski definition) is 6. The number of likely N-dealkylation sites (N-methyl/N-ethyl adjacent to an activating group) is 1. The normalized spacial score (nSPS) is 27.1. The van der Waals surface area contributed by atoms with Crippen molar-refractivity contribution in [2.45, 2.75) is 57.2 Å². The quantitative estimate of drug-likeness (QED) is 0.806. The molecular formula is C21H28N4O3. The number of piperidine rings is 1. The monoisotopic (exact) mass is 384 g/mol. The molecule has 1 aromatic heterocycles. The topological polar surface area (TPSA) is 85.8 Å². The molecule has 4 heterocycles. The predicted molar refractivity (Wildman–Crippen MR) is 107 cm³/mol. The summed E-state index contributed by atoms with van der Waals surface area (Å²) in [5, 5.41) is 13.7. The van der Waals surface area contributed by atoms with Crippen LogP contribution in [-0.4, -0.2) is 64.9 Å². The number of amides is 1. The molecule has 2 fully saturated rings. The first-order valence-electron chi connectivity index (χ1n) is 10.2. The van der Waals surface area contributed by atoms with E-state index in [1.54, 1.807) is 18.3 Å². The van der Waals surface area contributed by atoms with Crippen LogP contribution in [0, 0.1) is 0 Å². The smallest absolute Gasteiger partial charge is 0.253 e. The molecule has 150 valence electrons. The number of carbonyl (C=O) groups is 2. The number of Topliss-reactive ketones (excluding diaryl/α,β-unsaturated/α-hetero) is 1. The SMILES string of the molecule is CCCCN1CC(C(=O)N[C@H]2C[C@H]3CC[C@@H](C2=O)N3C)=C(O)c2cccnc21. The van der Waals surface area contributed by atoms with Crippen molar-refractivity contribution in [3.8, 4) is 0 Å². The lowest BCUT2D eigenvalue weighted by Crippen LogP contribution is -2.56. The lowest BCUT2D eigenvalue weighted by Gasteiger charge is -2.36. The Morgan fingerprint density at radius 1 is 1.39 bits per heavy atom. The molecular weight excluding hydrogens is 356 g/mol. The summed E-state index contributed by atoms with van der Waals surface area (Å²) in [6.45, 7) is 3.18. The van der Waals surface area contributed by atoms with E-state index >= 15 is 0 Å². The van der Waals surface area contributed by atoms with E-state index in [9.17, 15) is 14.7 Å². The number of rotatable bonds is 5. The van der Waals surface area contributed by atoms with Gasteiger partial charge >= 0.3 is 0 Å². The first-order valence-corrected chi connectivity index (χ1v) is 10.2. The lowest BCUT2D eigenvalue weighted by atomic mass is 9.95. The summed E-state index contributed by atoms with van der Waals surface area (Å²) in [4.78, 5) is 34.3. The molecule has 7 heteroatoms. The molecule has 4 rings (SSSR count). The molecule has 0 saturated carbocycles. The second kappa shape index (κ2) is 7.54. The Morgan fingerprint density at radius 2 is 2.21 bits per heavy atom. The van der Waals surface area contributed by atoms with Gasteiger partial charge in [0.25, 0.3) is 5.91 Å². The van der Waals surface area contributed by atoms with Crippen LogP contribution in [0.2, 0.25) is 0 Å². The summed E-state index contributed by atoms with van der Waals surface area (Å²) in [6.07, 6.45) is 6.21. The highest BCUT2D eigenvalue weighted by molar-refractivity contribution is 6.05. The summed E-state index contributed by atoms with van der Waals surface area (Å²) < 4.78 is 0. The first kappa shape index (κ1) is 18.9. The van der Waals surface area contributed by atoms with Gasteiger partial charge in [-0.15, -0.1) is 0 Å². The number of aliphatic hydroxyl groups excluding tert-OH is 1. The van der Waals surface area contributed by atoms with Gasteiger partial charge in [-0.2, -0.15) is 0 Å². The highest BCUT2D eigenvalue weighted by Gasteiger charge is 2.45. The molecule has 2 saturated heterocycles. The summed E-state index contributed by atoms with van der Waals surface area (Å²) in [6, 6.07) is 3.31. The number of aromatic nitrogens is 1. The number of unbranched alkanes of at least 4 members (excludes halogenated alkanes) is 1. The molecule has 0 spiro atoms. The third-order valence-electron chi connectivity index (χ3n) is 6.36. The molecule has 0 unspecified atom stereocenters. The van der Waals surface area contributed by atoms with Crippen LogP contribution >= 0.6 is 0 Å². The van der Waals surface area contributed by atoms with Crippen molar-refractivity contribution in [3.05, 3.63) is 29.5 Å². The maximum atomic E-state index is 13.0. The van der Waals surface area contributed by atoms with Gasteiger partial charge in [-0.25, -0.2) is 4.98 Å². The predicted octanol–water partition coefficient (Wildman–Crippen LogP) is 1.89. The summed E-state index contributed by atoms with van der Waals surface area (Å²) in [5.74, 6) is 0.413. The van der Waals surface area contributed by atoms with E-state index in [1.165, 1.54) is 0 Å². The van der Waals surface area contributed by atoms with Crippen molar-refractivity contribution in [2.75, 3.05) is 25.0 Å². The molecule has 0 aliphatic carbocycles. The van der Waals surface area contributed by atoms with Crippen LogP contribution in [0.15, 0.2) is 23.9 Å². The number of nitrogens with zero attached hydrogens (tertiary/aromatic N) is 3. The first-order chi connectivity index (χ1) is 13.5. The summed E-state index contributed by atoms with van der Waals surface area (Å²) in [7, 11) is 1.99. The maximum absolute atomic E-state index is 13.0. The highest BCUT2D eigenvalue weighted by atomic mass is 16.3. The summed E-state index contributed by atoms with van der Waals surface area (Å²) >= 11 is 0. The van der Waals surface area contributed by atoms with Crippen LogP contribution in [0.3, 0.4) is 0 Å². The number of fused-ring (bicyclic) bond motifs is 3. The lowest BCUT2D eigenvalue weighted by molar-refractivity contribution is -0.131. The van der Waals surface area contributed by atoms with E-state index in [0.29, 0.717) is 36.0 Å². The van der Waals surface area contributed by atoms with Crippen molar-refractivity contribution in [1.82, 2.24) is 15.2 Å². The van der Waals surface area contributed by atoms with Crippen LogP contribution in [0.25, 0.3) is 5.76 Å². The Bertz CT molecular complexity index is 822. The Morgan fingerprint density at radius 3 is 3.00 bits per heavy atom. The van der Waals surface area contributed by atoms with Crippen LogP contribution in [0.5, 0.6) is 0 Å². The van der Waals surface area contributed by atoms with Gasteiger partial charge in [-0.05, 0) is 44.9 Å². The number of pyridine rings is 1. The largest absolute Gasteiger partial charge is 0.507 e. The van der Waals surface area contributed by atoms with Gasteiger partial charge in [0.2, 0.25) is 0 Å². The van der Waals surface area contributed by atoms with Crippen molar-refractivity contribution < 1.29 is 14.7 Å². The third-order valence-corrected chi connectivity index (χ3v) is 6.36. The minimum Gasteiger partial charge on any atom is -0.507 e. The van der Waals surface area contributed by atoms with E-state index < -0.39 is 6.04 Å². The highest BCUT2D eigenvalue weighted by Crippen LogP contribution is 2.34. The van der Waals surface area contributed by atoms with Gasteiger partial charge < -0.3 is 15.3 Å². The standard InChI is InChI=1S/C21H28N4O3/c1-3-4-10-25-12-15(18(26)14-6-5-9-22-20(14)25)21(28)23-16-11-13-7-8-17(19(16)27)24(13)2/h5-6,9,13,16-17,26H,3-4,7-8,10-12H2,1-2H3,(H,23,28)/t13-,16+,17+/m1/s1. The Balaban J connectivity index is 1.56. The number of aliphatic hydroxyl groups is 1. The molecule has 2 N–H and O–H groups in total. The van der Waals surface area contributed by atoms with Gasteiger partial charge in [-0.3, -0.25) is 14.5 Å². The van der Waals surface area contributed by atoms with Crippen molar-refractivity contribution in [2.24, 2.45) is 0 Å². The molecule has 3 atom stereocenters. The molecule has 2 bridgehead atoms. The van der Waals surface area contributed by atoms with E-state index in [0.717, 1.165) is 32.2 Å². The molecule has 3 aliphatic heterocycles. The van der Waals surface area contributed by atoms with Gasteiger partial charge in [0.1, 0.15) is 11.6 Å². The maximum Gasteiger partial charge on any atom is 0.253 e. The molecule has 0 radical (unpaired) electrons. The van der Waals surface area contributed by atoms with Crippen molar-refractivity contribution in [1.29, 1.82) is 0 Å². The number of hydrogen-bond donors (Lipinski definition) is 2. The van der Waals surface area contributed by atoms with E-state index in [2.05, 4.69) is 22.1 Å². The number of anilines is 1. The minimum absolute atomic E-state index is 0.0308. The Kier molecular flexibility index (Phi) is 5.10. The van der Waals surface area contributed by atoms with Gasteiger partial charge in [-0.1, -0.05) is 13.3 Å². The molecule has 1 amide bonds. The summed E-state index contributed by atoms with van der Waals surface area (Å²) in [5.41, 5.74) is 0.889. The second-order valence-corrected chi connectivity index (χ2v) is 8.05. The number of carbonyl (C=O) groups excluding carboxylic acids is 2. The van der Waals surface area contributed by atoms with Crippen LogP contribution in [0.1, 0.15) is 44.6 Å². The molecule has 7 nitrogen and oxygen atoms in total. The minimum atomic E-state index is -0.471. The van der Waals surface area contributed by atoms with Crippen LogP contribution in [-0.2, 0) is 9.59 Å². The van der Waals surface area contributed by atoms with E-state index in [-0.39, 0.29) is 23.5 Å². The zero-order chi connectivity index (χ0) is 19.8. The molecule has 0 aromatic carbocycles. The zero-order valence-corrected chi connectivity index (χ0v) is 16.5. The van der Waals surface area contributed by atoms with E-state index in [4.69, 9.17) is 0 Å². The van der Waals surface area contributed by atoms with Gasteiger partial charge in [0.15, 0.2) is 5.78 Å². The Hall–Kier alpha value is -2.41. The zero-order valence-electron chi connectivity index (χ0n) is 16.5. The number of nitrogens with one attached hydrogen (secondary N) is 1. The Labute approximate surface area is 165 Å². The fraction of sp³-hybridized carbons (Fsp3) is 0.571. The second-order valence-electron chi connectivity index (χ2n) is 8.05. The fourth-order valence-corrected chi connectivity index (χ4v) is 4.69. The fourth-order valence-electron chi connectivity index (χ4n) is 4.69. The van der Waals surface area contributed by atoms with Gasteiger partial charge in [0.05, 0.1) is 29.8 Å². The van der Waals surface area contributed by atoms with E-state index in [1.807, 2.05) is 11.9 Å². The molecule has 1 aromatic rings. The average Bonchev–Trinajstić information content (AvgIpc) is 2.97. The van der Waals surface area contributed by atoms with Crippen molar-refractivity contribution in [3.63, 3.8) is 0 Å². The molecule has 3 aliphatic rings. The average molecular weight is 384 g/mol. The van der Waals surface area contributed by atoms with Crippen LogP contribution in [0.4, 0.5) is 5.82 Å².